The van der Waals surface area contributed by atoms with Gasteiger partial charge in [0.2, 0.25) is 5.91 Å². The summed E-state index contributed by atoms with van der Waals surface area (Å²) in [5.41, 5.74) is 5.71. The van der Waals surface area contributed by atoms with E-state index in [-0.39, 0.29) is 11.8 Å². The first kappa shape index (κ1) is 25.3. The van der Waals surface area contributed by atoms with Crippen LogP contribution in [0.3, 0.4) is 0 Å². The molecule has 1 amide bonds. The Morgan fingerprint density at radius 3 is 2.27 bits per heavy atom. The van der Waals surface area contributed by atoms with E-state index in [1.165, 1.54) is 49.7 Å². The van der Waals surface area contributed by atoms with E-state index in [4.69, 9.17) is 4.98 Å². The zero-order valence-corrected chi connectivity index (χ0v) is 21.5. The lowest BCUT2D eigenvalue weighted by atomic mass is 9.98. The lowest BCUT2D eigenvalue weighted by Crippen LogP contribution is -2.32. The minimum Gasteiger partial charge on any atom is -0.357 e. The van der Waals surface area contributed by atoms with Crippen LogP contribution in [0.15, 0.2) is 30.5 Å². The fourth-order valence-electron chi connectivity index (χ4n) is 4.45. The molecule has 33 heavy (non-hydrogen) atoms. The highest BCUT2D eigenvalue weighted by Crippen LogP contribution is 2.36. The van der Waals surface area contributed by atoms with Gasteiger partial charge >= 0.3 is 0 Å². The first-order valence-corrected chi connectivity index (χ1v) is 13.1. The number of anilines is 2. The van der Waals surface area contributed by atoms with Crippen LogP contribution < -0.4 is 9.80 Å². The van der Waals surface area contributed by atoms with Crippen molar-refractivity contribution in [2.45, 2.75) is 86.0 Å². The third kappa shape index (κ3) is 6.59. The monoisotopic (exact) mass is 449 g/mol. The van der Waals surface area contributed by atoms with Crippen LogP contribution in [0.25, 0.3) is 11.1 Å². The molecule has 1 fully saturated rings. The van der Waals surface area contributed by atoms with Gasteiger partial charge in [-0.3, -0.25) is 4.79 Å². The molecule has 180 valence electrons. The summed E-state index contributed by atoms with van der Waals surface area (Å²) in [6, 6.07) is 8.78. The van der Waals surface area contributed by atoms with Crippen molar-refractivity contribution in [3.05, 3.63) is 41.6 Å². The summed E-state index contributed by atoms with van der Waals surface area (Å²) in [5.74, 6) is 1.58. The van der Waals surface area contributed by atoms with Crippen molar-refractivity contribution < 1.29 is 4.79 Å². The number of rotatable bonds is 13. The van der Waals surface area contributed by atoms with Gasteiger partial charge in [-0.1, -0.05) is 45.6 Å². The van der Waals surface area contributed by atoms with Crippen molar-refractivity contribution in [1.29, 1.82) is 0 Å². The number of benzene rings is 1. The molecule has 0 bridgehead atoms. The van der Waals surface area contributed by atoms with Gasteiger partial charge in [0.25, 0.3) is 0 Å². The molecule has 0 aliphatic heterocycles. The van der Waals surface area contributed by atoms with Gasteiger partial charge in [-0.2, -0.15) is 0 Å². The number of aryl methyl sites for hydroxylation is 1. The Hall–Kier alpha value is -2.36. The van der Waals surface area contributed by atoms with Crippen molar-refractivity contribution in [1.82, 2.24) is 4.98 Å². The van der Waals surface area contributed by atoms with Gasteiger partial charge in [0.05, 0.1) is 0 Å². The largest absolute Gasteiger partial charge is 0.357 e. The number of hydrogen-bond donors (Lipinski definition) is 0. The fourth-order valence-corrected chi connectivity index (χ4v) is 4.45. The van der Waals surface area contributed by atoms with Crippen molar-refractivity contribution >= 4 is 17.4 Å². The summed E-state index contributed by atoms with van der Waals surface area (Å²) in [6.45, 7) is 13.7. The standard InChI is InChI=1S/C29H43N3O/c1-6-9-11-12-18-31(17-10-7-2)28-16-15-25(21-30-28)26-19-22(4)23(5)27(20-26)32(8-3)29(33)24-13-14-24/h15-16,19-21,24H,6-14,17-18H2,1-5H3. The highest BCUT2D eigenvalue weighted by atomic mass is 16.2. The zero-order chi connectivity index (χ0) is 23.8. The van der Waals surface area contributed by atoms with Gasteiger partial charge in [0, 0.05) is 43.0 Å². The molecule has 0 atom stereocenters. The molecule has 3 rings (SSSR count). The third-order valence-corrected chi connectivity index (χ3v) is 6.91. The quantitative estimate of drug-likeness (QED) is 0.301. The van der Waals surface area contributed by atoms with E-state index in [1.807, 2.05) is 11.1 Å². The van der Waals surface area contributed by atoms with E-state index >= 15 is 0 Å². The summed E-state index contributed by atoms with van der Waals surface area (Å²) in [5, 5.41) is 0. The van der Waals surface area contributed by atoms with Gasteiger partial charge in [-0.25, -0.2) is 4.98 Å². The average Bonchev–Trinajstić information content (AvgIpc) is 3.67. The normalized spacial score (nSPS) is 13.2. The Morgan fingerprint density at radius 1 is 0.939 bits per heavy atom. The predicted molar refractivity (Wildman–Crippen MR) is 141 cm³/mol. The van der Waals surface area contributed by atoms with Gasteiger partial charge in [-0.05, 0) is 81.3 Å². The second kappa shape index (κ2) is 12.2. The van der Waals surface area contributed by atoms with Crippen molar-refractivity contribution in [3.8, 4) is 11.1 Å². The number of pyridine rings is 1. The van der Waals surface area contributed by atoms with Crippen LogP contribution in [0.2, 0.25) is 0 Å². The van der Waals surface area contributed by atoms with Crippen molar-refractivity contribution in [3.63, 3.8) is 0 Å². The average molecular weight is 450 g/mol. The van der Waals surface area contributed by atoms with Crippen LogP contribution in [-0.4, -0.2) is 30.5 Å². The van der Waals surface area contributed by atoms with Crippen LogP contribution in [0.5, 0.6) is 0 Å². The van der Waals surface area contributed by atoms with Crippen LogP contribution in [0.1, 0.15) is 83.3 Å². The zero-order valence-electron chi connectivity index (χ0n) is 21.5. The number of amides is 1. The van der Waals surface area contributed by atoms with E-state index < -0.39 is 0 Å². The maximum absolute atomic E-state index is 12.9. The van der Waals surface area contributed by atoms with Gasteiger partial charge in [0.15, 0.2) is 0 Å². The molecular weight excluding hydrogens is 406 g/mol. The lowest BCUT2D eigenvalue weighted by molar-refractivity contribution is -0.119. The van der Waals surface area contributed by atoms with Gasteiger partial charge in [-0.15, -0.1) is 0 Å². The molecular formula is C29H43N3O. The molecule has 0 spiro atoms. The first-order chi connectivity index (χ1) is 16.0. The Balaban J connectivity index is 1.82. The molecule has 0 unspecified atom stereocenters. The Bertz CT molecular complexity index is 902. The molecule has 0 N–H and O–H groups in total. The maximum atomic E-state index is 12.9. The molecule has 1 aliphatic rings. The first-order valence-electron chi connectivity index (χ1n) is 13.1. The second-order valence-electron chi connectivity index (χ2n) is 9.60. The number of aromatic nitrogens is 1. The molecule has 2 aromatic rings. The molecule has 1 aromatic heterocycles. The maximum Gasteiger partial charge on any atom is 0.230 e. The van der Waals surface area contributed by atoms with Crippen LogP contribution in [0, 0.1) is 19.8 Å². The minimum atomic E-state index is 0.223. The molecule has 1 saturated carbocycles. The topological polar surface area (TPSA) is 36.4 Å². The number of carbonyl (C=O) groups excluding carboxylic acids is 1. The molecule has 1 aliphatic carbocycles. The molecule has 4 heteroatoms. The lowest BCUT2D eigenvalue weighted by Gasteiger charge is -2.25. The third-order valence-electron chi connectivity index (χ3n) is 6.91. The fraction of sp³-hybridized carbons (Fsp3) is 0.586. The summed E-state index contributed by atoms with van der Waals surface area (Å²) in [4.78, 5) is 22.2. The minimum absolute atomic E-state index is 0.223. The number of unbranched alkanes of at least 4 members (excludes halogenated alkanes) is 4. The molecule has 1 aromatic carbocycles. The molecule has 0 saturated heterocycles. The molecule has 0 radical (unpaired) electrons. The number of nitrogens with zero attached hydrogens (tertiary/aromatic N) is 3. The van der Waals surface area contributed by atoms with E-state index in [2.05, 4.69) is 63.8 Å². The number of hydrogen-bond acceptors (Lipinski definition) is 3. The summed E-state index contributed by atoms with van der Waals surface area (Å²) < 4.78 is 0. The molecule has 4 nitrogen and oxygen atoms in total. The van der Waals surface area contributed by atoms with E-state index in [9.17, 15) is 4.79 Å². The van der Waals surface area contributed by atoms with E-state index in [0.29, 0.717) is 6.54 Å². The second-order valence-corrected chi connectivity index (χ2v) is 9.60. The summed E-state index contributed by atoms with van der Waals surface area (Å²) in [6.07, 6.45) is 11.5. The summed E-state index contributed by atoms with van der Waals surface area (Å²) in [7, 11) is 0. The van der Waals surface area contributed by atoms with Crippen LogP contribution in [-0.2, 0) is 4.79 Å². The summed E-state index contributed by atoms with van der Waals surface area (Å²) >= 11 is 0. The van der Waals surface area contributed by atoms with Crippen molar-refractivity contribution in [2.24, 2.45) is 5.92 Å². The SMILES string of the molecule is CCCCCCN(CCCC)c1ccc(-c2cc(C)c(C)c(N(CC)C(=O)C3CC3)c2)cn1. The molecule has 1 heterocycles. The highest BCUT2D eigenvalue weighted by Gasteiger charge is 2.34. The van der Waals surface area contributed by atoms with Crippen molar-refractivity contribution in [2.75, 3.05) is 29.4 Å². The van der Waals surface area contributed by atoms with Gasteiger partial charge in [0.1, 0.15) is 5.82 Å². The van der Waals surface area contributed by atoms with Crippen LogP contribution >= 0.6 is 0 Å². The number of carbonyl (C=O) groups is 1. The van der Waals surface area contributed by atoms with Gasteiger partial charge < -0.3 is 9.80 Å². The van der Waals surface area contributed by atoms with E-state index in [0.717, 1.165) is 48.6 Å². The van der Waals surface area contributed by atoms with Crippen LogP contribution in [0.4, 0.5) is 11.5 Å². The predicted octanol–water partition coefficient (Wildman–Crippen LogP) is 7.32. The van der Waals surface area contributed by atoms with E-state index in [1.54, 1.807) is 0 Å². The Labute approximate surface area is 201 Å². The Kier molecular flexibility index (Phi) is 9.34. The highest BCUT2D eigenvalue weighted by molar-refractivity contribution is 5.98. The smallest absolute Gasteiger partial charge is 0.230 e. The Morgan fingerprint density at radius 2 is 1.67 bits per heavy atom.